The maximum atomic E-state index is 12.4. The monoisotopic (exact) mass is 436 g/mol. The van der Waals surface area contributed by atoms with E-state index in [4.69, 9.17) is 4.74 Å². The molecule has 0 unspecified atom stereocenters. The molecule has 5 heteroatoms. The van der Waals surface area contributed by atoms with Crippen LogP contribution in [0.1, 0.15) is 62.1 Å². The molecule has 0 aliphatic carbocycles. The third kappa shape index (κ3) is 7.00. The van der Waals surface area contributed by atoms with Gasteiger partial charge in [-0.2, -0.15) is 0 Å². The van der Waals surface area contributed by atoms with Gasteiger partial charge in [0.05, 0.1) is 17.2 Å². The number of aliphatic imine (C=N–C) groups is 1. The molecule has 2 aromatic carbocycles. The lowest BCUT2D eigenvalue weighted by Gasteiger charge is -2.06. The maximum absolute atomic E-state index is 12.4. The third-order valence-electron chi connectivity index (χ3n) is 5.39. The van der Waals surface area contributed by atoms with Crippen molar-refractivity contribution < 1.29 is 9.53 Å². The van der Waals surface area contributed by atoms with E-state index in [1.807, 2.05) is 49.4 Å². The Bertz CT molecular complexity index is 948. The Morgan fingerprint density at radius 3 is 2.52 bits per heavy atom. The Kier molecular flexibility index (Phi) is 8.77. The number of hydrogen-bond donors (Lipinski definition) is 1. The number of nitrogens with one attached hydrogen (secondary N) is 1. The fourth-order valence-electron chi connectivity index (χ4n) is 3.33. The third-order valence-corrected chi connectivity index (χ3v) is 6.30. The number of carbonyl (C=O) groups is 1. The number of ether oxygens (including phenoxy) is 1. The molecule has 0 bridgehead atoms. The Balaban J connectivity index is 1.54. The number of benzene rings is 2. The molecule has 164 valence electrons. The summed E-state index contributed by atoms with van der Waals surface area (Å²) >= 11 is 1.37. The highest BCUT2D eigenvalue weighted by atomic mass is 32.2. The molecule has 1 saturated heterocycles. The topological polar surface area (TPSA) is 50.7 Å². The first-order valence-corrected chi connectivity index (χ1v) is 12.0. The van der Waals surface area contributed by atoms with Crippen LogP contribution in [-0.2, 0) is 4.79 Å². The quantitative estimate of drug-likeness (QED) is 0.324. The Labute approximate surface area is 190 Å². The number of rotatable bonds is 10. The number of carbonyl (C=O) groups excluding carboxylic acids is 1. The van der Waals surface area contributed by atoms with Gasteiger partial charge in [-0.1, -0.05) is 63.3 Å². The minimum Gasteiger partial charge on any atom is -0.494 e. The van der Waals surface area contributed by atoms with Gasteiger partial charge in [0.25, 0.3) is 5.91 Å². The van der Waals surface area contributed by atoms with Crippen molar-refractivity contribution in [2.24, 2.45) is 4.99 Å². The second-order valence-electron chi connectivity index (χ2n) is 7.89. The molecule has 1 aliphatic heterocycles. The van der Waals surface area contributed by atoms with Gasteiger partial charge in [0.1, 0.15) is 5.75 Å². The maximum Gasteiger partial charge on any atom is 0.264 e. The largest absolute Gasteiger partial charge is 0.494 e. The van der Waals surface area contributed by atoms with Gasteiger partial charge >= 0.3 is 0 Å². The van der Waals surface area contributed by atoms with Crippen molar-refractivity contribution >= 4 is 34.6 Å². The average molecular weight is 437 g/mol. The zero-order valence-corrected chi connectivity index (χ0v) is 19.6. The van der Waals surface area contributed by atoms with Crippen molar-refractivity contribution in [3.8, 4) is 5.75 Å². The molecular weight excluding hydrogens is 404 g/mol. The summed E-state index contributed by atoms with van der Waals surface area (Å²) in [5.41, 5.74) is 4.16. The first-order valence-electron chi connectivity index (χ1n) is 11.2. The predicted molar refractivity (Wildman–Crippen MR) is 132 cm³/mol. The summed E-state index contributed by atoms with van der Waals surface area (Å²) in [5.74, 6) is 0.758. The van der Waals surface area contributed by atoms with E-state index in [1.54, 1.807) is 0 Å². The number of unbranched alkanes of at least 4 members (excludes halogenated alkanes) is 5. The lowest BCUT2D eigenvalue weighted by Crippen LogP contribution is -2.19. The second-order valence-corrected chi connectivity index (χ2v) is 8.92. The normalized spacial score (nSPS) is 16.2. The lowest BCUT2D eigenvalue weighted by atomic mass is 10.1. The van der Waals surface area contributed by atoms with Gasteiger partial charge in [0.15, 0.2) is 5.17 Å². The van der Waals surface area contributed by atoms with Crippen LogP contribution in [0.15, 0.2) is 52.4 Å². The molecule has 0 radical (unpaired) electrons. The number of thioether (sulfide) groups is 1. The average Bonchev–Trinajstić information content (AvgIpc) is 3.10. The number of aryl methyl sites for hydroxylation is 1. The van der Waals surface area contributed by atoms with Gasteiger partial charge < -0.3 is 10.1 Å². The molecule has 1 fully saturated rings. The van der Waals surface area contributed by atoms with E-state index in [0.717, 1.165) is 35.6 Å². The van der Waals surface area contributed by atoms with Crippen LogP contribution in [0.3, 0.4) is 0 Å². The van der Waals surface area contributed by atoms with Gasteiger partial charge in [-0.15, -0.1) is 0 Å². The minimum atomic E-state index is -0.113. The van der Waals surface area contributed by atoms with E-state index in [-0.39, 0.29) is 5.91 Å². The Hall–Kier alpha value is -2.53. The van der Waals surface area contributed by atoms with Crippen LogP contribution in [0.4, 0.5) is 5.69 Å². The van der Waals surface area contributed by atoms with Crippen molar-refractivity contribution in [1.29, 1.82) is 0 Å². The van der Waals surface area contributed by atoms with Crippen molar-refractivity contribution in [2.45, 2.75) is 59.3 Å². The van der Waals surface area contributed by atoms with Crippen molar-refractivity contribution in [2.75, 3.05) is 6.61 Å². The van der Waals surface area contributed by atoms with Crippen LogP contribution in [0.5, 0.6) is 5.75 Å². The number of hydrogen-bond acceptors (Lipinski definition) is 4. The standard InChI is InChI=1S/C26H32N2O2S/c1-4-5-6-7-8-9-17-30-22-15-13-21(14-16-22)18-24-25(29)28-26(31-24)27-23-12-10-11-19(2)20(23)3/h10-16,18H,4-9,17H2,1-3H3,(H,27,28,29)/b24-18+. The van der Waals surface area contributed by atoms with Crippen LogP contribution >= 0.6 is 11.8 Å². The first-order chi connectivity index (χ1) is 15.1. The van der Waals surface area contributed by atoms with Crippen molar-refractivity contribution in [3.05, 3.63) is 64.1 Å². The highest BCUT2D eigenvalue weighted by Crippen LogP contribution is 2.30. The van der Waals surface area contributed by atoms with Crippen LogP contribution in [-0.4, -0.2) is 17.7 Å². The highest BCUT2D eigenvalue weighted by molar-refractivity contribution is 8.18. The number of amidine groups is 1. The molecule has 1 heterocycles. The summed E-state index contributed by atoms with van der Waals surface area (Å²) in [7, 11) is 0. The molecule has 1 aliphatic rings. The molecule has 1 N–H and O–H groups in total. The highest BCUT2D eigenvalue weighted by Gasteiger charge is 2.24. The van der Waals surface area contributed by atoms with Crippen LogP contribution in [0.25, 0.3) is 6.08 Å². The van der Waals surface area contributed by atoms with Gasteiger partial charge in [-0.25, -0.2) is 4.99 Å². The van der Waals surface area contributed by atoms with Crippen molar-refractivity contribution in [1.82, 2.24) is 5.32 Å². The van der Waals surface area contributed by atoms with Crippen LogP contribution < -0.4 is 10.1 Å². The van der Waals surface area contributed by atoms with Gasteiger partial charge in [0.2, 0.25) is 0 Å². The fourth-order valence-corrected chi connectivity index (χ4v) is 4.17. The van der Waals surface area contributed by atoms with Gasteiger partial charge in [0, 0.05) is 0 Å². The summed E-state index contributed by atoms with van der Waals surface area (Å²) < 4.78 is 5.84. The van der Waals surface area contributed by atoms with E-state index < -0.39 is 0 Å². The van der Waals surface area contributed by atoms with Crippen LogP contribution in [0, 0.1) is 13.8 Å². The summed E-state index contributed by atoms with van der Waals surface area (Å²) in [5, 5.41) is 3.48. The molecular formula is C26H32N2O2S. The summed E-state index contributed by atoms with van der Waals surface area (Å²) in [6.07, 6.45) is 9.42. The van der Waals surface area contributed by atoms with Crippen molar-refractivity contribution in [3.63, 3.8) is 0 Å². The van der Waals surface area contributed by atoms with Gasteiger partial charge in [-0.3, -0.25) is 4.79 Å². The summed E-state index contributed by atoms with van der Waals surface area (Å²) in [4.78, 5) is 17.6. The smallest absolute Gasteiger partial charge is 0.264 e. The Morgan fingerprint density at radius 2 is 1.74 bits per heavy atom. The lowest BCUT2D eigenvalue weighted by molar-refractivity contribution is -0.115. The minimum absolute atomic E-state index is 0.113. The molecule has 2 aromatic rings. The van der Waals surface area contributed by atoms with E-state index in [2.05, 4.69) is 30.2 Å². The Morgan fingerprint density at radius 1 is 1.00 bits per heavy atom. The molecule has 1 amide bonds. The second kappa shape index (κ2) is 11.8. The molecule has 0 atom stereocenters. The summed E-state index contributed by atoms with van der Waals surface area (Å²) in [6.45, 7) is 7.09. The molecule has 0 saturated carbocycles. The van der Waals surface area contributed by atoms with E-state index in [0.29, 0.717) is 10.1 Å². The first kappa shape index (κ1) is 23.1. The zero-order chi connectivity index (χ0) is 22.1. The fraction of sp³-hybridized carbons (Fsp3) is 0.385. The van der Waals surface area contributed by atoms with Crippen LogP contribution in [0.2, 0.25) is 0 Å². The summed E-state index contributed by atoms with van der Waals surface area (Å²) in [6, 6.07) is 13.9. The molecule has 4 nitrogen and oxygen atoms in total. The SMILES string of the molecule is CCCCCCCCOc1ccc(/C=C2/SC(=Nc3cccc(C)c3C)NC2=O)cc1. The molecule has 31 heavy (non-hydrogen) atoms. The predicted octanol–water partition coefficient (Wildman–Crippen LogP) is 6.93. The molecule has 0 spiro atoms. The molecule has 3 rings (SSSR count). The number of amides is 1. The zero-order valence-electron chi connectivity index (χ0n) is 18.7. The molecule has 0 aromatic heterocycles. The van der Waals surface area contributed by atoms with E-state index >= 15 is 0 Å². The van der Waals surface area contributed by atoms with Gasteiger partial charge in [-0.05, 0) is 73.0 Å². The number of nitrogens with zero attached hydrogens (tertiary/aromatic N) is 1. The van der Waals surface area contributed by atoms with E-state index in [1.165, 1.54) is 49.4 Å². The van der Waals surface area contributed by atoms with E-state index in [9.17, 15) is 4.79 Å².